The van der Waals surface area contributed by atoms with Gasteiger partial charge in [-0.2, -0.15) is 0 Å². The molecule has 1 aliphatic rings. The zero-order chi connectivity index (χ0) is 16.4. The molecule has 0 spiro atoms. The van der Waals surface area contributed by atoms with Crippen LogP contribution in [-0.2, 0) is 4.74 Å². The van der Waals surface area contributed by atoms with Crippen LogP contribution >= 0.6 is 11.6 Å². The minimum Gasteiger partial charge on any atom is -0.394 e. The zero-order valence-electron chi connectivity index (χ0n) is 11.2. The van der Waals surface area contributed by atoms with Crippen molar-refractivity contribution in [2.75, 3.05) is 11.9 Å². The maximum atomic E-state index is 10.8. The van der Waals surface area contributed by atoms with Gasteiger partial charge in [0, 0.05) is 11.8 Å². The van der Waals surface area contributed by atoms with Crippen LogP contribution in [0.4, 0.5) is 11.4 Å². The summed E-state index contributed by atoms with van der Waals surface area (Å²) in [6, 6.07) is 3.87. The van der Waals surface area contributed by atoms with Gasteiger partial charge >= 0.3 is 0 Å². The van der Waals surface area contributed by atoms with Crippen molar-refractivity contribution in [3.63, 3.8) is 0 Å². The lowest BCUT2D eigenvalue weighted by Gasteiger charge is -2.40. The second-order valence-electron chi connectivity index (χ2n) is 4.82. The van der Waals surface area contributed by atoms with Gasteiger partial charge in [-0.1, -0.05) is 11.6 Å². The average Bonchev–Trinajstić information content (AvgIpc) is 2.49. The lowest BCUT2D eigenvalue weighted by atomic mass is 9.98. The van der Waals surface area contributed by atoms with Crippen molar-refractivity contribution >= 4 is 23.0 Å². The summed E-state index contributed by atoms with van der Waals surface area (Å²) in [5.41, 5.74) is -0.114. The molecule has 0 aromatic heterocycles. The Hall–Kier alpha value is -1.49. The molecule has 1 aliphatic heterocycles. The number of hydrogen-bond donors (Lipinski definition) is 5. The molecule has 1 saturated heterocycles. The standard InChI is InChI=1S/C12H15ClN2O7/c13-6-2-1-5(3-7(6)15(20)21)14-12-11(19)10(18)9(17)8(4-16)22-12/h1-3,8-12,14,16-19H,4H2/t8-,9+,10+,11-,12+/m0/s1. The number of nitro benzene ring substituents is 1. The van der Waals surface area contributed by atoms with Gasteiger partial charge in [0.1, 0.15) is 29.4 Å². The van der Waals surface area contributed by atoms with E-state index in [0.717, 1.165) is 6.07 Å². The normalized spacial score (nSPS) is 31.8. The van der Waals surface area contributed by atoms with Gasteiger partial charge in [0.2, 0.25) is 0 Å². The number of anilines is 1. The van der Waals surface area contributed by atoms with Gasteiger partial charge < -0.3 is 30.5 Å². The van der Waals surface area contributed by atoms with Gasteiger partial charge in [0.15, 0.2) is 6.23 Å². The number of nitro groups is 1. The van der Waals surface area contributed by atoms with Crippen molar-refractivity contribution in [1.82, 2.24) is 0 Å². The maximum Gasteiger partial charge on any atom is 0.289 e. The fourth-order valence-corrected chi connectivity index (χ4v) is 2.31. The predicted octanol–water partition coefficient (Wildman–Crippen LogP) is -0.540. The molecule has 0 unspecified atom stereocenters. The monoisotopic (exact) mass is 334 g/mol. The van der Waals surface area contributed by atoms with Crippen LogP contribution < -0.4 is 5.32 Å². The Labute approximate surface area is 129 Å². The quantitative estimate of drug-likeness (QED) is 0.364. The van der Waals surface area contributed by atoms with Crippen molar-refractivity contribution in [3.05, 3.63) is 33.3 Å². The number of rotatable bonds is 4. The highest BCUT2D eigenvalue weighted by molar-refractivity contribution is 6.32. The van der Waals surface area contributed by atoms with Crippen molar-refractivity contribution in [1.29, 1.82) is 0 Å². The first kappa shape index (κ1) is 16.9. The van der Waals surface area contributed by atoms with E-state index in [0.29, 0.717) is 0 Å². The molecule has 5 atom stereocenters. The van der Waals surface area contributed by atoms with Crippen LogP contribution in [0, 0.1) is 10.1 Å². The van der Waals surface area contributed by atoms with Crippen molar-refractivity contribution in [3.8, 4) is 0 Å². The molecule has 0 amide bonds. The number of nitrogens with zero attached hydrogens (tertiary/aromatic N) is 1. The van der Waals surface area contributed by atoms with Gasteiger partial charge in [-0.15, -0.1) is 0 Å². The second kappa shape index (κ2) is 6.73. The second-order valence-corrected chi connectivity index (χ2v) is 5.22. The summed E-state index contributed by atoms with van der Waals surface area (Å²) < 4.78 is 5.24. The number of ether oxygens (including phenoxy) is 1. The number of aliphatic hydroxyl groups excluding tert-OH is 4. The van der Waals surface area contributed by atoms with E-state index in [-0.39, 0.29) is 16.4 Å². The van der Waals surface area contributed by atoms with Crippen molar-refractivity contribution in [2.45, 2.75) is 30.6 Å². The first-order valence-corrected chi connectivity index (χ1v) is 6.74. The molecule has 0 aliphatic carbocycles. The van der Waals surface area contributed by atoms with E-state index >= 15 is 0 Å². The number of halogens is 1. The van der Waals surface area contributed by atoms with E-state index in [1.165, 1.54) is 12.1 Å². The summed E-state index contributed by atoms with van der Waals surface area (Å²) in [6.45, 7) is -0.566. The smallest absolute Gasteiger partial charge is 0.289 e. The van der Waals surface area contributed by atoms with E-state index in [9.17, 15) is 25.4 Å². The molecule has 9 nitrogen and oxygen atoms in total. The Morgan fingerprint density at radius 1 is 1.27 bits per heavy atom. The van der Waals surface area contributed by atoms with E-state index in [2.05, 4.69) is 5.32 Å². The maximum absolute atomic E-state index is 10.8. The van der Waals surface area contributed by atoms with E-state index < -0.39 is 42.2 Å². The van der Waals surface area contributed by atoms with E-state index in [1.807, 2.05) is 0 Å². The molecule has 0 bridgehead atoms. The molecule has 1 heterocycles. The third kappa shape index (κ3) is 3.29. The van der Waals surface area contributed by atoms with Gasteiger partial charge in [-0.05, 0) is 12.1 Å². The zero-order valence-corrected chi connectivity index (χ0v) is 11.9. The molecule has 1 aromatic rings. The van der Waals surface area contributed by atoms with E-state index in [1.54, 1.807) is 0 Å². The summed E-state index contributed by atoms with van der Waals surface area (Å²) >= 11 is 5.69. The fraction of sp³-hybridized carbons (Fsp3) is 0.500. The molecule has 2 rings (SSSR count). The molecule has 0 radical (unpaired) electrons. The first-order valence-electron chi connectivity index (χ1n) is 6.36. The summed E-state index contributed by atoms with van der Waals surface area (Å²) in [5, 5.41) is 51.7. The van der Waals surface area contributed by atoms with Crippen LogP contribution in [0.25, 0.3) is 0 Å². The molecular weight excluding hydrogens is 320 g/mol. The van der Waals surface area contributed by atoms with Gasteiger partial charge in [0.05, 0.1) is 11.5 Å². The Morgan fingerprint density at radius 2 is 1.95 bits per heavy atom. The van der Waals surface area contributed by atoms with Crippen LogP contribution in [0.2, 0.25) is 5.02 Å². The molecule has 0 saturated carbocycles. The fourth-order valence-electron chi connectivity index (χ4n) is 2.13. The highest BCUT2D eigenvalue weighted by atomic mass is 35.5. The van der Waals surface area contributed by atoms with Crippen molar-refractivity contribution < 1.29 is 30.1 Å². The molecule has 1 aromatic carbocycles. The molecule has 22 heavy (non-hydrogen) atoms. The minimum atomic E-state index is -1.54. The van der Waals surface area contributed by atoms with Crippen molar-refractivity contribution in [2.24, 2.45) is 0 Å². The Balaban J connectivity index is 2.19. The molecule has 10 heteroatoms. The Kier molecular flexibility index (Phi) is 5.16. The summed E-state index contributed by atoms with van der Waals surface area (Å²) in [7, 11) is 0. The third-order valence-corrected chi connectivity index (χ3v) is 3.66. The van der Waals surface area contributed by atoms with Crippen LogP contribution in [0.5, 0.6) is 0 Å². The van der Waals surface area contributed by atoms with Crippen LogP contribution in [-0.4, -0.2) is 62.6 Å². The topological polar surface area (TPSA) is 145 Å². The van der Waals surface area contributed by atoms with Gasteiger partial charge in [-0.25, -0.2) is 0 Å². The lowest BCUT2D eigenvalue weighted by molar-refractivity contribution is -0.384. The third-order valence-electron chi connectivity index (χ3n) is 3.34. The summed E-state index contributed by atoms with van der Waals surface area (Å²) in [4.78, 5) is 10.2. The summed E-state index contributed by atoms with van der Waals surface area (Å²) in [6.07, 6.45) is -6.75. The first-order chi connectivity index (χ1) is 10.3. The lowest BCUT2D eigenvalue weighted by Crippen LogP contribution is -2.60. The van der Waals surface area contributed by atoms with Gasteiger partial charge in [-0.3, -0.25) is 10.1 Å². The average molecular weight is 335 g/mol. The summed E-state index contributed by atoms with van der Waals surface area (Å²) in [5.74, 6) is 0. The Morgan fingerprint density at radius 3 is 2.55 bits per heavy atom. The van der Waals surface area contributed by atoms with Crippen LogP contribution in [0.15, 0.2) is 18.2 Å². The molecule has 1 fully saturated rings. The number of benzene rings is 1. The number of hydrogen-bond acceptors (Lipinski definition) is 8. The highest BCUT2D eigenvalue weighted by Crippen LogP contribution is 2.29. The molecule has 122 valence electrons. The van der Waals surface area contributed by atoms with Crippen LogP contribution in [0.1, 0.15) is 0 Å². The molecular formula is C12H15ClN2O7. The number of nitrogens with one attached hydrogen (secondary N) is 1. The SMILES string of the molecule is O=[N+]([O-])c1cc(N[C@@H]2O[C@@H](CO)[C@@H](O)[C@@H](O)[C@@H]2O)ccc1Cl. The minimum absolute atomic E-state index is 0.0515. The Bertz CT molecular complexity index is 556. The number of aliphatic hydroxyl groups is 4. The highest BCUT2D eigenvalue weighted by Gasteiger charge is 2.43. The largest absolute Gasteiger partial charge is 0.394 e. The van der Waals surface area contributed by atoms with E-state index in [4.69, 9.17) is 21.4 Å². The predicted molar refractivity (Wildman–Crippen MR) is 75.5 cm³/mol. The molecule has 5 N–H and O–H groups in total. The van der Waals surface area contributed by atoms with Crippen LogP contribution in [0.3, 0.4) is 0 Å². The van der Waals surface area contributed by atoms with Gasteiger partial charge in [0.25, 0.3) is 5.69 Å².